The second-order valence-corrected chi connectivity index (χ2v) is 10.1. The largest absolute Gasteiger partial charge is 0.379 e. The van der Waals surface area contributed by atoms with Crippen molar-refractivity contribution in [3.8, 4) is 0 Å². The topological polar surface area (TPSA) is 110 Å². The smallest absolute Gasteiger partial charge is 0.254 e. The van der Waals surface area contributed by atoms with E-state index in [4.69, 9.17) is 4.74 Å². The lowest BCUT2D eigenvalue weighted by Gasteiger charge is -2.35. The van der Waals surface area contributed by atoms with Crippen LogP contribution in [-0.2, 0) is 9.53 Å². The van der Waals surface area contributed by atoms with Crippen molar-refractivity contribution >= 4 is 34.4 Å². The molecule has 0 bridgehead atoms. The van der Waals surface area contributed by atoms with Crippen LogP contribution in [0.25, 0.3) is 11.0 Å². The molecule has 2 aromatic heterocycles. The Morgan fingerprint density at radius 1 is 1.03 bits per heavy atom. The monoisotopic (exact) mass is 534 g/mol. The second kappa shape index (κ2) is 13.0. The Balaban J connectivity index is 1.23. The summed E-state index contributed by atoms with van der Waals surface area (Å²) < 4.78 is 5.43. The number of carbonyl (C=O) groups excluding carboxylic acids is 2. The molecule has 2 saturated heterocycles. The summed E-state index contributed by atoms with van der Waals surface area (Å²) >= 11 is 0. The highest BCUT2D eigenvalue weighted by Gasteiger charge is 2.23. The van der Waals surface area contributed by atoms with Gasteiger partial charge >= 0.3 is 0 Å². The normalized spacial score (nSPS) is 16.9. The van der Waals surface area contributed by atoms with Crippen LogP contribution in [0.2, 0.25) is 0 Å². The van der Waals surface area contributed by atoms with Crippen LogP contribution in [0.4, 0.5) is 11.5 Å². The Labute approximate surface area is 229 Å². The van der Waals surface area contributed by atoms with Gasteiger partial charge in [-0.2, -0.15) is 0 Å². The highest BCUT2D eigenvalue weighted by atomic mass is 16.5. The summed E-state index contributed by atoms with van der Waals surface area (Å²) in [6.07, 6.45) is 4.49. The average Bonchev–Trinajstić information content (AvgIpc) is 3.45. The standard InChI is InChI=1S/C28H38N8O3/c1-22(37)29-8-11-36(27-25-6-7-30-26(25)31-21-32-27)24-5-2-4-23(20-24)28(38)35-14-12-33(13-15-35)9-3-10-34-16-18-39-19-17-34/h2,4-7,20-21H,3,8-19H2,1H3,(H,29,37)(H,30,31,32). The van der Waals surface area contributed by atoms with Crippen molar-refractivity contribution in [1.29, 1.82) is 0 Å². The lowest BCUT2D eigenvalue weighted by Crippen LogP contribution is -2.49. The van der Waals surface area contributed by atoms with Gasteiger partial charge in [0.1, 0.15) is 17.8 Å². The van der Waals surface area contributed by atoms with Gasteiger partial charge in [-0.3, -0.25) is 19.4 Å². The molecule has 2 fully saturated rings. The van der Waals surface area contributed by atoms with Crippen LogP contribution in [0.15, 0.2) is 42.9 Å². The van der Waals surface area contributed by atoms with Crippen molar-refractivity contribution in [2.24, 2.45) is 0 Å². The fourth-order valence-electron chi connectivity index (χ4n) is 5.28. The number of H-pyrrole nitrogens is 1. The Kier molecular flexibility index (Phi) is 9.02. The molecule has 0 saturated carbocycles. The van der Waals surface area contributed by atoms with Crippen molar-refractivity contribution in [3.63, 3.8) is 0 Å². The predicted octanol–water partition coefficient (Wildman–Crippen LogP) is 1.71. The number of hydrogen-bond donors (Lipinski definition) is 2. The van der Waals surface area contributed by atoms with Gasteiger partial charge in [0.15, 0.2) is 0 Å². The predicted molar refractivity (Wildman–Crippen MR) is 150 cm³/mol. The average molecular weight is 535 g/mol. The molecule has 0 unspecified atom stereocenters. The Morgan fingerprint density at radius 3 is 2.56 bits per heavy atom. The number of aromatic amines is 1. The van der Waals surface area contributed by atoms with Crippen molar-refractivity contribution in [2.75, 3.05) is 83.6 Å². The number of amides is 2. The van der Waals surface area contributed by atoms with E-state index in [0.29, 0.717) is 18.7 Å². The first-order valence-electron chi connectivity index (χ1n) is 13.8. The van der Waals surface area contributed by atoms with Gasteiger partial charge in [0.25, 0.3) is 5.91 Å². The number of aromatic nitrogens is 3. The van der Waals surface area contributed by atoms with Crippen LogP contribution in [0.3, 0.4) is 0 Å². The summed E-state index contributed by atoms with van der Waals surface area (Å²) in [6, 6.07) is 9.61. The minimum absolute atomic E-state index is 0.0427. The second-order valence-electron chi connectivity index (χ2n) is 10.1. The van der Waals surface area contributed by atoms with Gasteiger partial charge in [-0.1, -0.05) is 6.07 Å². The maximum atomic E-state index is 13.5. The third-order valence-corrected chi connectivity index (χ3v) is 7.41. The minimum Gasteiger partial charge on any atom is -0.379 e. The van der Waals surface area contributed by atoms with E-state index in [1.807, 2.05) is 46.3 Å². The summed E-state index contributed by atoms with van der Waals surface area (Å²) in [5, 5.41) is 3.74. The van der Waals surface area contributed by atoms with Gasteiger partial charge < -0.3 is 24.8 Å². The van der Waals surface area contributed by atoms with Crippen molar-refractivity contribution < 1.29 is 14.3 Å². The molecule has 2 aliphatic rings. The zero-order valence-electron chi connectivity index (χ0n) is 22.6. The molecule has 11 nitrogen and oxygen atoms in total. The number of morpholine rings is 1. The van der Waals surface area contributed by atoms with Gasteiger partial charge in [-0.25, -0.2) is 9.97 Å². The minimum atomic E-state index is -0.0893. The van der Waals surface area contributed by atoms with Gasteiger partial charge in [0.05, 0.1) is 18.6 Å². The SMILES string of the molecule is CC(=O)NCCN(c1cccc(C(=O)N2CCN(CCCN3CCOCC3)CC2)c1)c1ncnc2[nH]ccc12. The van der Waals surface area contributed by atoms with Gasteiger partial charge in [-0.15, -0.1) is 0 Å². The van der Waals surface area contributed by atoms with Crippen LogP contribution in [0.1, 0.15) is 23.7 Å². The molecule has 11 heteroatoms. The summed E-state index contributed by atoms with van der Waals surface area (Å²) in [4.78, 5) is 45.9. The molecule has 1 aromatic carbocycles. The maximum Gasteiger partial charge on any atom is 0.254 e. The van der Waals surface area contributed by atoms with Crippen LogP contribution in [0, 0.1) is 0 Å². The van der Waals surface area contributed by atoms with Crippen molar-refractivity contribution in [3.05, 3.63) is 48.4 Å². The quantitative estimate of drug-likeness (QED) is 0.405. The summed E-state index contributed by atoms with van der Waals surface area (Å²) in [7, 11) is 0. The maximum absolute atomic E-state index is 13.5. The first-order chi connectivity index (χ1) is 19.1. The molecule has 208 valence electrons. The molecule has 2 amide bonds. The van der Waals surface area contributed by atoms with E-state index >= 15 is 0 Å². The fraction of sp³-hybridized carbons (Fsp3) is 0.500. The number of hydrogen-bond acceptors (Lipinski definition) is 8. The van der Waals surface area contributed by atoms with Crippen LogP contribution in [0.5, 0.6) is 0 Å². The lowest BCUT2D eigenvalue weighted by molar-refractivity contribution is -0.118. The molecule has 3 aromatic rings. The molecular weight excluding hydrogens is 496 g/mol. The number of piperazine rings is 1. The number of nitrogens with zero attached hydrogens (tertiary/aromatic N) is 6. The molecule has 0 spiro atoms. The summed E-state index contributed by atoms with van der Waals surface area (Å²) in [5.41, 5.74) is 2.23. The van der Waals surface area contributed by atoms with Crippen LogP contribution >= 0.6 is 0 Å². The fourth-order valence-corrected chi connectivity index (χ4v) is 5.28. The van der Waals surface area contributed by atoms with Crippen molar-refractivity contribution in [2.45, 2.75) is 13.3 Å². The summed E-state index contributed by atoms with van der Waals surface area (Å²) in [6.45, 7) is 11.6. The van der Waals surface area contributed by atoms with E-state index < -0.39 is 0 Å². The van der Waals surface area contributed by atoms with E-state index in [-0.39, 0.29) is 11.8 Å². The van der Waals surface area contributed by atoms with Gasteiger partial charge in [0.2, 0.25) is 5.91 Å². The highest BCUT2D eigenvalue weighted by molar-refractivity contribution is 5.96. The Bertz CT molecular complexity index is 1250. The zero-order chi connectivity index (χ0) is 27.0. The molecule has 0 radical (unpaired) electrons. The lowest BCUT2D eigenvalue weighted by atomic mass is 10.1. The molecular formula is C28H38N8O3. The number of ether oxygens (including phenoxy) is 1. The van der Waals surface area contributed by atoms with Gasteiger partial charge in [-0.05, 0) is 43.8 Å². The first-order valence-corrected chi connectivity index (χ1v) is 13.8. The third kappa shape index (κ3) is 6.92. The Hall–Kier alpha value is -3.54. The molecule has 0 atom stereocenters. The molecule has 4 heterocycles. The number of nitrogens with one attached hydrogen (secondary N) is 2. The first kappa shape index (κ1) is 27.0. The van der Waals surface area contributed by atoms with Gasteiger partial charge in [0, 0.05) is 76.7 Å². The number of benzene rings is 1. The van der Waals surface area contributed by atoms with E-state index in [2.05, 4.69) is 30.1 Å². The number of carbonyl (C=O) groups is 2. The third-order valence-electron chi connectivity index (χ3n) is 7.41. The number of fused-ring (bicyclic) bond motifs is 1. The molecule has 39 heavy (non-hydrogen) atoms. The number of rotatable bonds is 10. The summed E-state index contributed by atoms with van der Waals surface area (Å²) in [5.74, 6) is 0.677. The number of anilines is 2. The van der Waals surface area contributed by atoms with Crippen LogP contribution in [-0.4, -0.2) is 120 Å². The molecule has 0 aliphatic carbocycles. The van der Waals surface area contributed by atoms with Crippen LogP contribution < -0.4 is 10.2 Å². The molecule has 2 aliphatic heterocycles. The van der Waals surface area contributed by atoms with E-state index in [0.717, 1.165) is 94.5 Å². The van der Waals surface area contributed by atoms with E-state index in [1.165, 1.54) is 13.3 Å². The van der Waals surface area contributed by atoms with E-state index in [9.17, 15) is 9.59 Å². The Morgan fingerprint density at radius 2 is 1.79 bits per heavy atom. The van der Waals surface area contributed by atoms with Crippen molar-refractivity contribution in [1.82, 2.24) is 35.0 Å². The molecule has 2 N–H and O–H groups in total. The molecule has 5 rings (SSSR count). The zero-order valence-corrected chi connectivity index (χ0v) is 22.6. The highest BCUT2D eigenvalue weighted by Crippen LogP contribution is 2.29. The van der Waals surface area contributed by atoms with E-state index in [1.54, 1.807) is 0 Å².